The molecule has 0 aliphatic heterocycles. The highest BCUT2D eigenvalue weighted by Gasteiger charge is 2.22. The second-order valence-corrected chi connectivity index (χ2v) is 6.98. The second-order valence-electron chi connectivity index (χ2n) is 5.22. The highest BCUT2D eigenvalue weighted by Crippen LogP contribution is 2.31. The van der Waals surface area contributed by atoms with Crippen molar-refractivity contribution >= 4 is 10.0 Å². The van der Waals surface area contributed by atoms with Crippen molar-refractivity contribution in [1.29, 1.82) is 0 Å². The quantitative estimate of drug-likeness (QED) is 0.805. The molecular weight excluding hydrogens is 260 g/mol. The Bertz CT molecular complexity index is 524. The average Bonchev–Trinajstić information content (AvgIpc) is 3.22. The third-order valence-corrected chi connectivity index (χ3v) is 5.04. The van der Waals surface area contributed by atoms with Crippen LogP contribution < -0.4 is 10.5 Å². The zero-order chi connectivity index (χ0) is 13.9. The topological polar surface area (TPSA) is 72.2 Å². The number of hydrogen-bond acceptors (Lipinski definition) is 3. The highest BCUT2D eigenvalue weighted by atomic mass is 32.2. The van der Waals surface area contributed by atoms with Crippen molar-refractivity contribution in [3.05, 3.63) is 29.8 Å². The molecule has 0 aromatic heterocycles. The van der Waals surface area contributed by atoms with Gasteiger partial charge in [-0.2, -0.15) is 0 Å². The van der Waals surface area contributed by atoms with E-state index in [2.05, 4.69) is 4.72 Å². The molecule has 0 radical (unpaired) electrons. The Morgan fingerprint density at radius 3 is 2.79 bits per heavy atom. The van der Waals surface area contributed by atoms with Crippen LogP contribution in [0.25, 0.3) is 0 Å². The molecule has 0 heterocycles. The first-order chi connectivity index (χ1) is 9.03. The van der Waals surface area contributed by atoms with Crippen LogP contribution >= 0.6 is 0 Å². The van der Waals surface area contributed by atoms with E-state index >= 15 is 0 Å². The van der Waals surface area contributed by atoms with Crippen LogP contribution in [0.2, 0.25) is 0 Å². The van der Waals surface area contributed by atoms with Gasteiger partial charge >= 0.3 is 0 Å². The first kappa shape index (κ1) is 14.5. The van der Waals surface area contributed by atoms with Gasteiger partial charge in [0.2, 0.25) is 10.0 Å². The van der Waals surface area contributed by atoms with E-state index in [0.29, 0.717) is 11.4 Å². The lowest BCUT2D eigenvalue weighted by atomic mass is 10.1. The maximum Gasteiger partial charge on any atom is 0.240 e. The number of nitrogens with two attached hydrogens (primary N) is 1. The summed E-state index contributed by atoms with van der Waals surface area (Å²) in [6.45, 7) is 2.51. The second kappa shape index (κ2) is 6.03. The van der Waals surface area contributed by atoms with Gasteiger partial charge in [-0.3, -0.25) is 0 Å². The standard InChI is InChI=1S/C14H22N2O2S/c1-2-14(15)12-4-3-5-13(10-12)19(17,18)16-9-8-11-6-7-11/h3-5,10-11,14,16H,2,6-9,15H2,1H3. The Morgan fingerprint density at radius 2 is 2.16 bits per heavy atom. The Balaban J connectivity index is 2.05. The van der Waals surface area contributed by atoms with Gasteiger partial charge in [0.05, 0.1) is 4.90 Å². The minimum Gasteiger partial charge on any atom is -0.324 e. The molecule has 106 valence electrons. The summed E-state index contributed by atoms with van der Waals surface area (Å²) in [5, 5.41) is 0. The molecule has 1 atom stereocenters. The highest BCUT2D eigenvalue weighted by molar-refractivity contribution is 7.89. The van der Waals surface area contributed by atoms with Crippen LogP contribution in [0.4, 0.5) is 0 Å². The number of rotatable bonds is 7. The van der Waals surface area contributed by atoms with Crippen molar-refractivity contribution in [3.63, 3.8) is 0 Å². The van der Waals surface area contributed by atoms with Crippen LogP contribution in [0.1, 0.15) is 44.2 Å². The number of benzene rings is 1. The van der Waals surface area contributed by atoms with Crippen molar-refractivity contribution in [2.45, 2.75) is 43.5 Å². The summed E-state index contributed by atoms with van der Waals surface area (Å²) in [5.41, 5.74) is 6.81. The number of sulfonamides is 1. The molecule has 1 aliphatic rings. The average molecular weight is 282 g/mol. The summed E-state index contributed by atoms with van der Waals surface area (Å²) >= 11 is 0. The third-order valence-electron chi connectivity index (χ3n) is 3.58. The molecule has 0 spiro atoms. The third kappa shape index (κ3) is 4.03. The molecule has 1 unspecified atom stereocenters. The fourth-order valence-corrected chi connectivity index (χ4v) is 3.14. The molecular formula is C14H22N2O2S. The molecule has 1 aromatic carbocycles. The number of nitrogens with one attached hydrogen (secondary N) is 1. The SMILES string of the molecule is CCC(N)c1cccc(S(=O)(=O)NCCC2CC2)c1. The molecule has 4 nitrogen and oxygen atoms in total. The Labute approximate surface area is 115 Å². The van der Waals surface area contributed by atoms with E-state index in [0.717, 1.165) is 24.3 Å². The van der Waals surface area contributed by atoms with Crippen molar-refractivity contribution in [1.82, 2.24) is 4.72 Å². The molecule has 19 heavy (non-hydrogen) atoms. The lowest BCUT2D eigenvalue weighted by molar-refractivity contribution is 0.575. The predicted molar refractivity (Wildman–Crippen MR) is 76.2 cm³/mol. The molecule has 0 bridgehead atoms. The minimum absolute atomic E-state index is 0.110. The smallest absolute Gasteiger partial charge is 0.240 e. The van der Waals surface area contributed by atoms with Crippen LogP contribution in [0, 0.1) is 5.92 Å². The van der Waals surface area contributed by atoms with Gasteiger partial charge in [-0.25, -0.2) is 13.1 Å². The summed E-state index contributed by atoms with van der Waals surface area (Å²) < 4.78 is 27.0. The molecule has 5 heteroatoms. The lowest BCUT2D eigenvalue weighted by Gasteiger charge is -2.12. The molecule has 1 aliphatic carbocycles. The fraction of sp³-hybridized carbons (Fsp3) is 0.571. The Morgan fingerprint density at radius 1 is 1.42 bits per heavy atom. The fourth-order valence-electron chi connectivity index (χ4n) is 2.04. The van der Waals surface area contributed by atoms with Gasteiger partial charge in [0.1, 0.15) is 0 Å². The van der Waals surface area contributed by atoms with E-state index in [1.165, 1.54) is 12.8 Å². The van der Waals surface area contributed by atoms with Crippen molar-refractivity contribution < 1.29 is 8.42 Å². The van der Waals surface area contributed by atoms with E-state index < -0.39 is 10.0 Å². The molecule has 2 rings (SSSR count). The zero-order valence-corrected chi connectivity index (χ0v) is 12.1. The van der Waals surface area contributed by atoms with Crippen LogP contribution in [0.5, 0.6) is 0 Å². The Hall–Kier alpha value is -0.910. The first-order valence-corrected chi connectivity index (χ1v) is 8.36. The first-order valence-electron chi connectivity index (χ1n) is 6.88. The molecule has 1 saturated carbocycles. The van der Waals surface area contributed by atoms with Gasteiger partial charge in [0.15, 0.2) is 0 Å². The van der Waals surface area contributed by atoms with E-state index in [9.17, 15) is 8.42 Å². The normalized spacial score (nSPS) is 17.4. The van der Waals surface area contributed by atoms with Gasteiger partial charge in [0.25, 0.3) is 0 Å². The maximum absolute atomic E-state index is 12.1. The molecule has 0 amide bonds. The monoisotopic (exact) mass is 282 g/mol. The lowest BCUT2D eigenvalue weighted by Crippen LogP contribution is -2.25. The minimum atomic E-state index is -3.40. The van der Waals surface area contributed by atoms with Gasteiger partial charge < -0.3 is 5.73 Å². The maximum atomic E-state index is 12.1. The van der Waals surface area contributed by atoms with E-state index in [-0.39, 0.29) is 6.04 Å². The summed E-state index contributed by atoms with van der Waals surface area (Å²) in [6, 6.07) is 6.80. The molecule has 1 aromatic rings. The summed E-state index contributed by atoms with van der Waals surface area (Å²) in [6.07, 6.45) is 4.21. The van der Waals surface area contributed by atoms with Crippen LogP contribution in [-0.4, -0.2) is 15.0 Å². The van der Waals surface area contributed by atoms with Crippen molar-refractivity contribution in [2.75, 3.05) is 6.54 Å². The largest absolute Gasteiger partial charge is 0.324 e. The van der Waals surface area contributed by atoms with Crippen LogP contribution in [0.3, 0.4) is 0 Å². The van der Waals surface area contributed by atoms with Gasteiger partial charge in [0, 0.05) is 12.6 Å². The number of hydrogen-bond donors (Lipinski definition) is 2. The molecule has 0 saturated heterocycles. The van der Waals surface area contributed by atoms with Crippen molar-refractivity contribution in [3.8, 4) is 0 Å². The molecule has 3 N–H and O–H groups in total. The zero-order valence-electron chi connectivity index (χ0n) is 11.3. The summed E-state index contributed by atoms with van der Waals surface area (Å²) in [7, 11) is -3.40. The van der Waals surface area contributed by atoms with E-state index in [1.807, 2.05) is 13.0 Å². The van der Waals surface area contributed by atoms with Crippen LogP contribution in [-0.2, 0) is 10.0 Å². The van der Waals surface area contributed by atoms with E-state index in [4.69, 9.17) is 5.73 Å². The van der Waals surface area contributed by atoms with Gasteiger partial charge in [-0.05, 0) is 36.5 Å². The van der Waals surface area contributed by atoms with Crippen LogP contribution in [0.15, 0.2) is 29.2 Å². The Kier molecular flexibility index (Phi) is 4.60. The predicted octanol–water partition coefficient (Wildman–Crippen LogP) is 2.17. The summed E-state index contributed by atoms with van der Waals surface area (Å²) in [5.74, 6) is 0.725. The molecule has 1 fully saturated rings. The van der Waals surface area contributed by atoms with E-state index in [1.54, 1.807) is 18.2 Å². The van der Waals surface area contributed by atoms with Crippen molar-refractivity contribution in [2.24, 2.45) is 11.7 Å². The van der Waals surface area contributed by atoms with Gasteiger partial charge in [-0.15, -0.1) is 0 Å². The summed E-state index contributed by atoms with van der Waals surface area (Å²) in [4.78, 5) is 0.310. The van der Waals surface area contributed by atoms with Gasteiger partial charge in [-0.1, -0.05) is 31.9 Å².